The number of rotatable bonds is 4. The van der Waals surface area contributed by atoms with Crippen molar-refractivity contribution in [2.24, 2.45) is 0 Å². The molecular weight excluding hydrogens is 282 g/mol. The Kier molecular flexibility index (Phi) is 4.00. The fourth-order valence-corrected chi connectivity index (χ4v) is 2.76. The largest absolute Gasteiger partial charge is 0.497 e. The van der Waals surface area contributed by atoms with Crippen molar-refractivity contribution in [3.8, 4) is 11.5 Å². The van der Waals surface area contributed by atoms with Gasteiger partial charge in [0.1, 0.15) is 11.5 Å². The zero-order valence-corrected chi connectivity index (χ0v) is 12.7. The predicted molar refractivity (Wildman–Crippen MR) is 82.7 cm³/mol. The van der Waals surface area contributed by atoms with Gasteiger partial charge in [0.05, 0.1) is 19.9 Å². The zero-order chi connectivity index (χ0) is 15.5. The quantitative estimate of drug-likeness (QED) is 0.910. The van der Waals surface area contributed by atoms with Crippen LogP contribution in [0.2, 0.25) is 0 Å². The lowest BCUT2D eigenvalue weighted by atomic mass is 9.96. The Morgan fingerprint density at radius 2 is 2.05 bits per heavy atom. The summed E-state index contributed by atoms with van der Waals surface area (Å²) in [6, 6.07) is 5.27. The van der Waals surface area contributed by atoms with E-state index >= 15 is 0 Å². The summed E-state index contributed by atoms with van der Waals surface area (Å²) in [5, 5.41) is 10.0. The van der Waals surface area contributed by atoms with Gasteiger partial charge in [-0.3, -0.25) is 9.89 Å². The standard InChI is InChI=1S/C16H19N3O3/c1-21-10-7-8-14(22-2)13(9-10)17-16(20)15-11-5-3-4-6-12(11)18-19-15/h7-9H,3-6H2,1-2H3,(H,17,20)(H,18,19). The highest BCUT2D eigenvalue weighted by molar-refractivity contribution is 6.05. The van der Waals surface area contributed by atoms with Crippen LogP contribution >= 0.6 is 0 Å². The van der Waals surface area contributed by atoms with E-state index in [4.69, 9.17) is 9.47 Å². The molecule has 0 aliphatic heterocycles. The van der Waals surface area contributed by atoms with Gasteiger partial charge in [-0.15, -0.1) is 0 Å². The molecule has 0 unspecified atom stereocenters. The van der Waals surface area contributed by atoms with Gasteiger partial charge in [0.2, 0.25) is 0 Å². The number of aryl methyl sites for hydroxylation is 1. The van der Waals surface area contributed by atoms with Crippen LogP contribution in [0.25, 0.3) is 0 Å². The molecule has 1 aromatic heterocycles. The number of hydrogen-bond acceptors (Lipinski definition) is 4. The molecule has 1 aliphatic rings. The van der Waals surface area contributed by atoms with Crippen LogP contribution in [0.5, 0.6) is 11.5 Å². The lowest BCUT2D eigenvalue weighted by Crippen LogP contribution is -2.16. The predicted octanol–water partition coefficient (Wildman–Crippen LogP) is 2.56. The van der Waals surface area contributed by atoms with Gasteiger partial charge >= 0.3 is 0 Å². The molecule has 0 saturated carbocycles. The van der Waals surface area contributed by atoms with Crippen molar-refractivity contribution in [2.75, 3.05) is 19.5 Å². The van der Waals surface area contributed by atoms with Crippen molar-refractivity contribution in [2.45, 2.75) is 25.7 Å². The van der Waals surface area contributed by atoms with E-state index < -0.39 is 0 Å². The lowest BCUT2D eigenvalue weighted by molar-refractivity contribution is 0.102. The second-order valence-electron chi connectivity index (χ2n) is 5.26. The average Bonchev–Trinajstić information content (AvgIpc) is 2.99. The maximum atomic E-state index is 12.5. The molecule has 0 spiro atoms. The van der Waals surface area contributed by atoms with Crippen molar-refractivity contribution < 1.29 is 14.3 Å². The number of aromatic nitrogens is 2. The number of hydrogen-bond donors (Lipinski definition) is 2. The first-order valence-corrected chi connectivity index (χ1v) is 7.32. The lowest BCUT2D eigenvalue weighted by Gasteiger charge is -2.13. The first-order chi connectivity index (χ1) is 10.7. The van der Waals surface area contributed by atoms with E-state index in [2.05, 4.69) is 15.5 Å². The van der Waals surface area contributed by atoms with Crippen LogP contribution in [-0.4, -0.2) is 30.3 Å². The zero-order valence-electron chi connectivity index (χ0n) is 12.7. The maximum Gasteiger partial charge on any atom is 0.276 e. The normalized spacial score (nSPS) is 13.4. The van der Waals surface area contributed by atoms with Crippen LogP contribution in [0.1, 0.15) is 34.6 Å². The number of aromatic amines is 1. The second kappa shape index (κ2) is 6.09. The highest BCUT2D eigenvalue weighted by atomic mass is 16.5. The van der Waals surface area contributed by atoms with Gasteiger partial charge in [0.25, 0.3) is 5.91 Å². The van der Waals surface area contributed by atoms with Crippen LogP contribution in [0.4, 0.5) is 5.69 Å². The fraction of sp³-hybridized carbons (Fsp3) is 0.375. The number of carbonyl (C=O) groups is 1. The van der Waals surface area contributed by atoms with E-state index in [9.17, 15) is 4.79 Å². The van der Waals surface area contributed by atoms with E-state index in [1.54, 1.807) is 32.4 Å². The second-order valence-corrected chi connectivity index (χ2v) is 5.26. The summed E-state index contributed by atoms with van der Waals surface area (Å²) >= 11 is 0. The van der Waals surface area contributed by atoms with Gasteiger partial charge in [0.15, 0.2) is 5.69 Å². The van der Waals surface area contributed by atoms with Gasteiger partial charge in [-0.25, -0.2) is 0 Å². The van der Waals surface area contributed by atoms with Crippen molar-refractivity contribution >= 4 is 11.6 Å². The number of benzene rings is 1. The summed E-state index contributed by atoms with van der Waals surface area (Å²) < 4.78 is 10.5. The number of amides is 1. The molecule has 0 radical (unpaired) electrons. The molecule has 0 fully saturated rings. The molecule has 0 atom stereocenters. The van der Waals surface area contributed by atoms with Gasteiger partial charge in [-0.2, -0.15) is 5.10 Å². The van der Waals surface area contributed by atoms with Crippen LogP contribution in [0.15, 0.2) is 18.2 Å². The van der Waals surface area contributed by atoms with Gasteiger partial charge < -0.3 is 14.8 Å². The fourth-order valence-electron chi connectivity index (χ4n) is 2.76. The van der Waals surface area contributed by atoms with Gasteiger partial charge in [-0.1, -0.05) is 0 Å². The smallest absolute Gasteiger partial charge is 0.276 e. The summed E-state index contributed by atoms with van der Waals surface area (Å²) in [7, 11) is 3.14. The highest BCUT2D eigenvalue weighted by Gasteiger charge is 2.22. The summed E-state index contributed by atoms with van der Waals surface area (Å²) in [6.45, 7) is 0. The number of anilines is 1. The van der Waals surface area contributed by atoms with Gasteiger partial charge in [-0.05, 0) is 37.8 Å². The minimum Gasteiger partial charge on any atom is -0.497 e. The molecule has 0 saturated heterocycles. The minimum atomic E-state index is -0.231. The number of ether oxygens (including phenoxy) is 2. The molecular formula is C16H19N3O3. The molecule has 6 heteroatoms. The molecule has 3 rings (SSSR count). The van der Waals surface area contributed by atoms with E-state index in [1.807, 2.05) is 0 Å². The summed E-state index contributed by atoms with van der Waals surface area (Å²) in [6.07, 6.45) is 4.08. The number of carbonyl (C=O) groups excluding carboxylic acids is 1. The number of methoxy groups -OCH3 is 2. The monoisotopic (exact) mass is 301 g/mol. The summed E-state index contributed by atoms with van der Waals surface area (Å²) in [5.41, 5.74) is 3.15. The van der Waals surface area contributed by atoms with E-state index in [1.165, 1.54) is 0 Å². The topological polar surface area (TPSA) is 76.2 Å². The summed E-state index contributed by atoms with van der Waals surface area (Å²) in [5.74, 6) is 1.00. The number of nitrogens with zero attached hydrogens (tertiary/aromatic N) is 1. The Morgan fingerprint density at radius 3 is 2.82 bits per heavy atom. The van der Waals surface area contributed by atoms with Crippen LogP contribution in [0.3, 0.4) is 0 Å². The third kappa shape index (κ3) is 2.64. The van der Waals surface area contributed by atoms with Crippen molar-refractivity contribution in [3.05, 3.63) is 35.2 Å². The molecule has 0 bridgehead atoms. The highest BCUT2D eigenvalue weighted by Crippen LogP contribution is 2.30. The number of H-pyrrole nitrogens is 1. The molecule has 2 aromatic rings. The number of nitrogens with one attached hydrogen (secondary N) is 2. The van der Waals surface area contributed by atoms with E-state index in [0.717, 1.165) is 36.9 Å². The van der Waals surface area contributed by atoms with Crippen LogP contribution < -0.4 is 14.8 Å². The van der Waals surface area contributed by atoms with E-state index in [-0.39, 0.29) is 5.91 Å². The van der Waals surface area contributed by atoms with Gasteiger partial charge in [0, 0.05) is 17.3 Å². The molecule has 1 aliphatic carbocycles. The Labute approximate surface area is 128 Å². The molecule has 2 N–H and O–H groups in total. The SMILES string of the molecule is COc1ccc(OC)c(NC(=O)c2n[nH]c3c2CCCC3)c1. The van der Waals surface area contributed by atoms with Crippen molar-refractivity contribution in [3.63, 3.8) is 0 Å². The molecule has 1 aromatic carbocycles. The first-order valence-electron chi connectivity index (χ1n) is 7.32. The Balaban J connectivity index is 1.87. The van der Waals surface area contributed by atoms with Crippen LogP contribution in [0, 0.1) is 0 Å². The average molecular weight is 301 g/mol. The van der Waals surface area contributed by atoms with Crippen molar-refractivity contribution in [1.82, 2.24) is 10.2 Å². The molecule has 1 heterocycles. The Bertz CT molecular complexity index is 694. The molecule has 1 amide bonds. The Morgan fingerprint density at radius 1 is 1.23 bits per heavy atom. The minimum absolute atomic E-state index is 0.231. The molecule has 116 valence electrons. The van der Waals surface area contributed by atoms with Crippen molar-refractivity contribution in [1.29, 1.82) is 0 Å². The van der Waals surface area contributed by atoms with Crippen LogP contribution in [-0.2, 0) is 12.8 Å². The first kappa shape index (κ1) is 14.4. The van der Waals surface area contributed by atoms with E-state index in [0.29, 0.717) is 22.9 Å². The Hall–Kier alpha value is -2.50. The molecule has 6 nitrogen and oxygen atoms in total. The third-order valence-corrected chi connectivity index (χ3v) is 3.93. The third-order valence-electron chi connectivity index (χ3n) is 3.93. The number of fused-ring (bicyclic) bond motifs is 1. The maximum absolute atomic E-state index is 12.5. The summed E-state index contributed by atoms with van der Waals surface area (Å²) in [4.78, 5) is 12.5. The molecule has 22 heavy (non-hydrogen) atoms.